The summed E-state index contributed by atoms with van der Waals surface area (Å²) in [4.78, 5) is 25.8. The number of aryl methyl sites for hydroxylation is 2. The van der Waals surface area contributed by atoms with E-state index in [1.807, 2.05) is 32.0 Å². The summed E-state index contributed by atoms with van der Waals surface area (Å²) in [5.41, 5.74) is 3.32. The molecule has 24 heavy (non-hydrogen) atoms. The molecule has 0 radical (unpaired) electrons. The molecule has 1 aromatic heterocycles. The number of amides is 1. The molecule has 1 saturated heterocycles. The van der Waals surface area contributed by atoms with Gasteiger partial charge in [-0.2, -0.15) is 0 Å². The largest absolute Gasteiger partial charge is 0.338 e. The maximum Gasteiger partial charge on any atom is 0.274 e. The van der Waals surface area contributed by atoms with E-state index >= 15 is 0 Å². The number of carbonyl (C=O) groups excluding carboxylic acids is 1. The predicted octanol–water partition coefficient (Wildman–Crippen LogP) is 2.10. The average molecular weight is 325 g/mol. The van der Waals surface area contributed by atoms with Crippen molar-refractivity contribution >= 4 is 17.5 Å². The summed E-state index contributed by atoms with van der Waals surface area (Å²) in [6.07, 6.45) is 1.65. The van der Waals surface area contributed by atoms with Gasteiger partial charge in [0.25, 0.3) is 5.91 Å². The molecule has 2 aromatic rings. The highest BCUT2D eigenvalue weighted by molar-refractivity contribution is 6.03. The second-order valence-corrected chi connectivity index (χ2v) is 6.25. The zero-order valence-corrected chi connectivity index (χ0v) is 14.4. The summed E-state index contributed by atoms with van der Waals surface area (Å²) in [7, 11) is 2.10. The van der Waals surface area contributed by atoms with Crippen molar-refractivity contribution in [1.82, 2.24) is 14.9 Å². The average Bonchev–Trinajstić information content (AvgIpc) is 2.59. The predicted molar refractivity (Wildman–Crippen MR) is 95.6 cm³/mol. The fraction of sp³-hybridized carbons (Fsp3) is 0.389. The van der Waals surface area contributed by atoms with Gasteiger partial charge in [0.2, 0.25) is 5.95 Å². The minimum Gasteiger partial charge on any atom is -0.338 e. The van der Waals surface area contributed by atoms with Crippen LogP contribution in [0, 0.1) is 13.8 Å². The molecular weight excluding hydrogens is 302 g/mol. The SMILES string of the molecule is Cc1cccc(C)c1NC(=O)c1ccnc(N2CCN(C)CC2)n1. The van der Waals surface area contributed by atoms with Crippen molar-refractivity contribution in [2.24, 2.45) is 0 Å². The van der Waals surface area contributed by atoms with Gasteiger partial charge < -0.3 is 15.1 Å². The van der Waals surface area contributed by atoms with Gasteiger partial charge in [-0.15, -0.1) is 0 Å². The molecule has 1 fully saturated rings. The Kier molecular flexibility index (Phi) is 4.76. The third kappa shape index (κ3) is 3.54. The maximum absolute atomic E-state index is 12.6. The van der Waals surface area contributed by atoms with Gasteiger partial charge in [0, 0.05) is 38.1 Å². The van der Waals surface area contributed by atoms with Crippen LogP contribution < -0.4 is 10.2 Å². The third-order valence-corrected chi connectivity index (χ3v) is 4.38. The van der Waals surface area contributed by atoms with Crippen LogP contribution in [-0.2, 0) is 0 Å². The number of hydrogen-bond acceptors (Lipinski definition) is 5. The van der Waals surface area contributed by atoms with Crippen molar-refractivity contribution in [3.05, 3.63) is 47.3 Å². The molecule has 1 amide bonds. The summed E-state index contributed by atoms with van der Waals surface area (Å²) < 4.78 is 0. The van der Waals surface area contributed by atoms with Crippen molar-refractivity contribution < 1.29 is 4.79 Å². The van der Waals surface area contributed by atoms with E-state index in [0.29, 0.717) is 11.6 Å². The van der Waals surface area contributed by atoms with Crippen LogP contribution in [0.15, 0.2) is 30.5 Å². The Labute approximate surface area is 142 Å². The van der Waals surface area contributed by atoms with E-state index in [1.165, 1.54) is 0 Å². The van der Waals surface area contributed by atoms with Crippen LogP contribution in [0.2, 0.25) is 0 Å². The number of hydrogen-bond donors (Lipinski definition) is 1. The molecule has 1 aromatic carbocycles. The molecule has 1 aliphatic heterocycles. The fourth-order valence-corrected chi connectivity index (χ4v) is 2.82. The summed E-state index contributed by atoms with van der Waals surface area (Å²) in [6, 6.07) is 7.61. The van der Waals surface area contributed by atoms with Crippen LogP contribution in [0.1, 0.15) is 21.6 Å². The van der Waals surface area contributed by atoms with Gasteiger partial charge >= 0.3 is 0 Å². The molecule has 0 bridgehead atoms. The zero-order valence-electron chi connectivity index (χ0n) is 14.4. The Hall–Kier alpha value is -2.47. The van der Waals surface area contributed by atoms with Crippen molar-refractivity contribution in [3.8, 4) is 0 Å². The van der Waals surface area contributed by atoms with E-state index in [4.69, 9.17) is 0 Å². The number of nitrogens with zero attached hydrogens (tertiary/aromatic N) is 4. The molecular formula is C18H23N5O. The van der Waals surface area contributed by atoms with Crippen LogP contribution in [0.25, 0.3) is 0 Å². The lowest BCUT2D eigenvalue weighted by molar-refractivity contribution is 0.102. The number of aromatic nitrogens is 2. The second kappa shape index (κ2) is 6.97. The highest BCUT2D eigenvalue weighted by atomic mass is 16.1. The number of rotatable bonds is 3. The first kappa shape index (κ1) is 16.4. The van der Waals surface area contributed by atoms with E-state index in [9.17, 15) is 4.79 Å². The monoisotopic (exact) mass is 325 g/mol. The van der Waals surface area contributed by atoms with Gasteiger partial charge in [0.1, 0.15) is 5.69 Å². The quantitative estimate of drug-likeness (QED) is 0.936. The molecule has 6 nitrogen and oxygen atoms in total. The van der Waals surface area contributed by atoms with E-state index in [0.717, 1.165) is 43.0 Å². The summed E-state index contributed by atoms with van der Waals surface area (Å²) in [5, 5.41) is 2.98. The number of carbonyl (C=O) groups is 1. The summed E-state index contributed by atoms with van der Waals surface area (Å²) >= 11 is 0. The smallest absolute Gasteiger partial charge is 0.274 e. The maximum atomic E-state index is 12.6. The Bertz CT molecular complexity index is 718. The normalized spacial score (nSPS) is 15.4. The number of benzene rings is 1. The van der Waals surface area contributed by atoms with Gasteiger partial charge in [-0.3, -0.25) is 4.79 Å². The third-order valence-electron chi connectivity index (χ3n) is 4.38. The zero-order chi connectivity index (χ0) is 17.1. The number of nitrogens with one attached hydrogen (secondary N) is 1. The van der Waals surface area contributed by atoms with Crippen molar-refractivity contribution in [3.63, 3.8) is 0 Å². The molecule has 1 N–H and O–H groups in total. The summed E-state index contributed by atoms with van der Waals surface area (Å²) in [5.74, 6) is 0.419. The molecule has 0 saturated carbocycles. The minimum absolute atomic E-state index is 0.204. The Morgan fingerprint density at radius 2 is 1.75 bits per heavy atom. The molecule has 0 aliphatic carbocycles. The molecule has 0 unspecified atom stereocenters. The van der Waals surface area contributed by atoms with Crippen LogP contribution in [0.4, 0.5) is 11.6 Å². The van der Waals surface area contributed by atoms with Crippen LogP contribution in [0.5, 0.6) is 0 Å². The first-order valence-electron chi connectivity index (χ1n) is 8.18. The number of piperazine rings is 1. The Morgan fingerprint density at radius 1 is 1.08 bits per heavy atom. The highest BCUT2D eigenvalue weighted by Gasteiger charge is 2.18. The molecule has 0 spiro atoms. The second-order valence-electron chi connectivity index (χ2n) is 6.25. The van der Waals surface area contributed by atoms with E-state index in [1.54, 1.807) is 12.3 Å². The van der Waals surface area contributed by atoms with Crippen LogP contribution >= 0.6 is 0 Å². The first-order valence-corrected chi connectivity index (χ1v) is 8.18. The molecule has 6 heteroatoms. The molecule has 0 atom stereocenters. The minimum atomic E-state index is -0.204. The number of anilines is 2. The van der Waals surface area contributed by atoms with E-state index in [-0.39, 0.29) is 5.91 Å². The van der Waals surface area contributed by atoms with Crippen molar-refractivity contribution in [1.29, 1.82) is 0 Å². The number of likely N-dealkylation sites (N-methyl/N-ethyl adjacent to an activating group) is 1. The standard InChI is InChI=1S/C18H23N5O/c1-13-5-4-6-14(2)16(13)21-17(24)15-7-8-19-18(20-15)23-11-9-22(3)10-12-23/h4-8H,9-12H2,1-3H3,(H,21,24). The van der Waals surface area contributed by atoms with Crippen LogP contribution in [-0.4, -0.2) is 54.0 Å². The Morgan fingerprint density at radius 3 is 2.42 bits per heavy atom. The first-order chi connectivity index (χ1) is 11.5. The van der Waals surface area contributed by atoms with E-state index in [2.05, 4.69) is 32.1 Å². The van der Waals surface area contributed by atoms with Crippen LogP contribution in [0.3, 0.4) is 0 Å². The lowest BCUT2D eigenvalue weighted by Crippen LogP contribution is -2.45. The molecule has 2 heterocycles. The lowest BCUT2D eigenvalue weighted by Gasteiger charge is -2.32. The fourth-order valence-electron chi connectivity index (χ4n) is 2.82. The van der Waals surface area contributed by atoms with Gasteiger partial charge in [0.05, 0.1) is 0 Å². The topological polar surface area (TPSA) is 61.4 Å². The van der Waals surface area contributed by atoms with Gasteiger partial charge in [-0.05, 0) is 38.1 Å². The van der Waals surface area contributed by atoms with Gasteiger partial charge in [-0.1, -0.05) is 18.2 Å². The molecule has 126 valence electrons. The van der Waals surface area contributed by atoms with Crippen molar-refractivity contribution in [2.75, 3.05) is 43.4 Å². The Balaban J connectivity index is 1.77. The molecule has 1 aliphatic rings. The summed E-state index contributed by atoms with van der Waals surface area (Å²) in [6.45, 7) is 7.66. The van der Waals surface area contributed by atoms with Gasteiger partial charge in [-0.25, -0.2) is 9.97 Å². The van der Waals surface area contributed by atoms with Gasteiger partial charge in [0.15, 0.2) is 0 Å². The van der Waals surface area contributed by atoms with E-state index < -0.39 is 0 Å². The lowest BCUT2D eigenvalue weighted by atomic mass is 10.1. The number of para-hydroxylation sites is 1. The highest BCUT2D eigenvalue weighted by Crippen LogP contribution is 2.20. The van der Waals surface area contributed by atoms with Crippen molar-refractivity contribution in [2.45, 2.75) is 13.8 Å². The molecule has 3 rings (SSSR count).